The van der Waals surface area contributed by atoms with Crippen molar-refractivity contribution in [3.8, 4) is 0 Å². The third kappa shape index (κ3) is 4.66. The van der Waals surface area contributed by atoms with Crippen LogP contribution in [0.1, 0.15) is 12.8 Å². The minimum Gasteiger partial charge on any atom is -0.381 e. The molecule has 146 valence electrons. The molecule has 1 spiro atoms. The molecule has 2 fully saturated rings. The monoisotopic (exact) mass is 497 g/mol. The molecule has 1 atom stereocenters. The summed E-state index contributed by atoms with van der Waals surface area (Å²) in [6.07, 6.45) is 2.11. The molecule has 0 aliphatic carbocycles. The second-order valence-corrected chi connectivity index (χ2v) is 8.77. The molecule has 3 rings (SSSR count). The number of sulfone groups is 1. The molecule has 1 unspecified atom stereocenters. The highest BCUT2D eigenvalue weighted by atomic mass is 127. The minimum atomic E-state index is -3.67. The molecule has 0 radical (unpaired) electrons. The van der Waals surface area contributed by atoms with E-state index in [-0.39, 0.29) is 46.6 Å². The van der Waals surface area contributed by atoms with Crippen LogP contribution in [0.3, 0.4) is 0 Å². The van der Waals surface area contributed by atoms with Crippen molar-refractivity contribution in [3.05, 3.63) is 30.1 Å². The standard InChI is InChI=1S/C17H24FN3O3S.HI/c1-19-16(21-9-6-17(12-21)7-10-24-13-17)20-8-11-25(22,23)15-5-3-2-4-14(15)18;/h2-5H,6-13H2,1H3,(H,19,20);1H. The fourth-order valence-corrected chi connectivity index (χ4v) is 4.77. The number of benzene rings is 1. The molecule has 6 nitrogen and oxygen atoms in total. The first kappa shape index (κ1) is 21.4. The van der Waals surface area contributed by atoms with Crippen LogP contribution in [0.4, 0.5) is 4.39 Å². The van der Waals surface area contributed by atoms with Crippen LogP contribution in [-0.2, 0) is 14.6 Å². The maximum atomic E-state index is 13.7. The zero-order valence-corrected chi connectivity index (χ0v) is 17.9. The van der Waals surface area contributed by atoms with E-state index >= 15 is 0 Å². The van der Waals surface area contributed by atoms with Crippen molar-refractivity contribution in [3.63, 3.8) is 0 Å². The van der Waals surface area contributed by atoms with Crippen LogP contribution < -0.4 is 5.32 Å². The molecule has 2 heterocycles. The average molecular weight is 497 g/mol. The van der Waals surface area contributed by atoms with Crippen LogP contribution in [0.5, 0.6) is 0 Å². The van der Waals surface area contributed by atoms with Gasteiger partial charge in [-0.1, -0.05) is 12.1 Å². The number of rotatable bonds is 4. The Balaban J connectivity index is 0.00000243. The van der Waals surface area contributed by atoms with E-state index in [4.69, 9.17) is 4.74 Å². The molecule has 9 heteroatoms. The summed E-state index contributed by atoms with van der Waals surface area (Å²) in [4.78, 5) is 6.14. The molecule has 26 heavy (non-hydrogen) atoms. The number of halogens is 2. The number of hydrogen-bond donors (Lipinski definition) is 1. The van der Waals surface area contributed by atoms with Gasteiger partial charge in [0, 0.05) is 38.7 Å². The van der Waals surface area contributed by atoms with Crippen molar-refractivity contribution < 1.29 is 17.5 Å². The molecule has 1 aromatic carbocycles. The second kappa shape index (κ2) is 8.83. The van der Waals surface area contributed by atoms with E-state index in [0.717, 1.165) is 45.2 Å². The summed E-state index contributed by atoms with van der Waals surface area (Å²) in [6, 6.07) is 5.45. The lowest BCUT2D eigenvalue weighted by molar-refractivity contribution is 0.156. The van der Waals surface area contributed by atoms with Crippen LogP contribution in [-0.4, -0.2) is 64.9 Å². The molecule has 1 aromatic rings. The second-order valence-electron chi connectivity index (χ2n) is 6.70. The van der Waals surface area contributed by atoms with Gasteiger partial charge >= 0.3 is 0 Å². The van der Waals surface area contributed by atoms with Crippen LogP contribution >= 0.6 is 24.0 Å². The molecule has 0 saturated carbocycles. The summed E-state index contributed by atoms with van der Waals surface area (Å²) in [5, 5.41) is 3.10. The number of guanidine groups is 1. The summed E-state index contributed by atoms with van der Waals surface area (Å²) in [5.74, 6) is -0.211. The predicted octanol–water partition coefficient (Wildman–Crippen LogP) is 1.91. The first-order valence-corrected chi connectivity index (χ1v) is 10.1. The van der Waals surface area contributed by atoms with E-state index in [1.807, 2.05) is 0 Å². The zero-order chi connectivity index (χ0) is 17.9. The van der Waals surface area contributed by atoms with E-state index in [1.54, 1.807) is 7.05 Å². The number of likely N-dealkylation sites (tertiary alicyclic amines) is 1. The first-order chi connectivity index (χ1) is 12.0. The maximum Gasteiger partial charge on any atom is 0.193 e. The van der Waals surface area contributed by atoms with Gasteiger partial charge in [0.05, 0.1) is 12.4 Å². The molecule has 0 bridgehead atoms. The Morgan fingerprint density at radius 1 is 1.38 bits per heavy atom. The van der Waals surface area contributed by atoms with E-state index in [0.29, 0.717) is 5.96 Å². The van der Waals surface area contributed by atoms with E-state index in [9.17, 15) is 12.8 Å². The van der Waals surface area contributed by atoms with Crippen molar-refractivity contribution in [2.45, 2.75) is 17.7 Å². The Hall–Kier alpha value is -0.940. The molecular weight excluding hydrogens is 472 g/mol. The highest BCUT2D eigenvalue weighted by Crippen LogP contribution is 2.38. The number of aliphatic imine (C=N–C) groups is 1. The quantitative estimate of drug-likeness (QED) is 0.391. The van der Waals surface area contributed by atoms with Gasteiger partial charge in [0.25, 0.3) is 0 Å². The Morgan fingerprint density at radius 3 is 2.81 bits per heavy atom. The van der Waals surface area contributed by atoms with Gasteiger partial charge in [0.2, 0.25) is 0 Å². The van der Waals surface area contributed by atoms with Crippen LogP contribution in [0.2, 0.25) is 0 Å². The lowest BCUT2D eigenvalue weighted by Crippen LogP contribution is -2.43. The third-order valence-corrected chi connectivity index (χ3v) is 6.70. The van der Waals surface area contributed by atoms with Gasteiger partial charge in [0.15, 0.2) is 15.8 Å². The summed E-state index contributed by atoms with van der Waals surface area (Å²) < 4.78 is 43.8. The number of nitrogens with zero attached hydrogens (tertiary/aromatic N) is 2. The van der Waals surface area contributed by atoms with Crippen molar-refractivity contribution >= 4 is 39.8 Å². The minimum absolute atomic E-state index is 0. The Bertz CT molecular complexity index is 751. The Kier molecular flexibility index (Phi) is 7.26. The van der Waals surface area contributed by atoms with E-state index < -0.39 is 15.7 Å². The Morgan fingerprint density at radius 2 is 2.15 bits per heavy atom. The van der Waals surface area contributed by atoms with Gasteiger partial charge in [-0.2, -0.15) is 0 Å². The third-order valence-electron chi connectivity index (χ3n) is 4.96. The van der Waals surface area contributed by atoms with Gasteiger partial charge in [0.1, 0.15) is 10.7 Å². The zero-order valence-electron chi connectivity index (χ0n) is 14.8. The van der Waals surface area contributed by atoms with Crippen molar-refractivity contribution in [2.75, 3.05) is 45.6 Å². The van der Waals surface area contributed by atoms with Gasteiger partial charge in [-0.05, 0) is 25.0 Å². The summed E-state index contributed by atoms with van der Waals surface area (Å²) in [6.45, 7) is 3.52. The predicted molar refractivity (Wildman–Crippen MR) is 109 cm³/mol. The number of ether oxygens (including phenoxy) is 1. The van der Waals surface area contributed by atoms with Crippen LogP contribution in [0.25, 0.3) is 0 Å². The number of nitrogens with one attached hydrogen (secondary N) is 1. The summed E-state index contributed by atoms with van der Waals surface area (Å²) in [7, 11) is -1.99. The molecule has 0 amide bonds. The largest absolute Gasteiger partial charge is 0.381 e. The molecule has 0 aromatic heterocycles. The van der Waals surface area contributed by atoms with Crippen LogP contribution in [0.15, 0.2) is 34.2 Å². The SMILES string of the molecule is CN=C(NCCS(=O)(=O)c1ccccc1F)N1CCC2(CCOC2)C1.I. The molecule has 1 N–H and O–H groups in total. The lowest BCUT2D eigenvalue weighted by atomic mass is 9.87. The molecular formula is C17H25FIN3O3S. The normalized spacial score (nSPS) is 23.3. The smallest absolute Gasteiger partial charge is 0.193 e. The lowest BCUT2D eigenvalue weighted by Gasteiger charge is -2.24. The topological polar surface area (TPSA) is 71.0 Å². The first-order valence-electron chi connectivity index (χ1n) is 8.46. The van der Waals surface area contributed by atoms with Gasteiger partial charge < -0.3 is 15.0 Å². The van der Waals surface area contributed by atoms with Crippen molar-refractivity contribution in [1.29, 1.82) is 0 Å². The van der Waals surface area contributed by atoms with Crippen molar-refractivity contribution in [1.82, 2.24) is 10.2 Å². The summed E-state index contributed by atoms with van der Waals surface area (Å²) in [5.41, 5.74) is 0.205. The fraction of sp³-hybridized carbons (Fsp3) is 0.588. The van der Waals surface area contributed by atoms with E-state index in [1.165, 1.54) is 18.2 Å². The van der Waals surface area contributed by atoms with Crippen LogP contribution in [0, 0.1) is 11.2 Å². The highest BCUT2D eigenvalue weighted by Gasteiger charge is 2.42. The van der Waals surface area contributed by atoms with Gasteiger partial charge in [-0.15, -0.1) is 24.0 Å². The van der Waals surface area contributed by atoms with Gasteiger partial charge in [-0.25, -0.2) is 12.8 Å². The molecule has 2 saturated heterocycles. The molecule has 2 aliphatic heterocycles. The maximum absolute atomic E-state index is 13.7. The number of hydrogen-bond acceptors (Lipinski definition) is 4. The Labute approximate surface area is 171 Å². The van der Waals surface area contributed by atoms with Gasteiger partial charge in [-0.3, -0.25) is 4.99 Å². The molecule has 2 aliphatic rings. The van der Waals surface area contributed by atoms with Crippen molar-refractivity contribution in [2.24, 2.45) is 10.4 Å². The summed E-state index contributed by atoms with van der Waals surface area (Å²) >= 11 is 0. The average Bonchev–Trinajstić information content (AvgIpc) is 3.22. The van der Waals surface area contributed by atoms with E-state index in [2.05, 4.69) is 15.2 Å². The highest BCUT2D eigenvalue weighted by molar-refractivity contribution is 14.0. The fourth-order valence-electron chi connectivity index (χ4n) is 3.52.